The van der Waals surface area contributed by atoms with Gasteiger partial charge >= 0.3 is 0 Å². The van der Waals surface area contributed by atoms with Gasteiger partial charge < -0.3 is 4.74 Å². The van der Waals surface area contributed by atoms with E-state index in [1.54, 1.807) is 18.2 Å². The second kappa shape index (κ2) is 5.99. The Kier molecular flexibility index (Phi) is 4.75. The van der Waals surface area contributed by atoms with Gasteiger partial charge in [-0.1, -0.05) is 70.1 Å². The van der Waals surface area contributed by atoms with Crippen LogP contribution in [0.3, 0.4) is 0 Å². The van der Waals surface area contributed by atoms with Crippen molar-refractivity contribution in [3.63, 3.8) is 0 Å². The molecule has 0 aliphatic carbocycles. The highest BCUT2D eigenvalue weighted by Gasteiger charge is 2.18. The molecule has 0 saturated heterocycles. The first-order chi connectivity index (χ1) is 8.97. The lowest BCUT2D eigenvalue weighted by Crippen LogP contribution is -1.90. The van der Waals surface area contributed by atoms with Crippen LogP contribution in [0, 0.1) is 0 Å². The van der Waals surface area contributed by atoms with E-state index in [0.717, 1.165) is 0 Å². The summed E-state index contributed by atoms with van der Waals surface area (Å²) in [5, 5.41) is 1.51. The zero-order chi connectivity index (χ0) is 14.2. The minimum Gasteiger partial charge on any atom is -0.495 e. The Bertz CT molecular complexity index is 639. The summed E-state index contributed by atoms with van der Waals surface area (Å²) in [6.45, 7) is 0. The minimum atomic E-state index is 0.202. The second-order valence-electron chi connectivity index (χ2n) is 3.67. The molecule has 0 bridgehead atoms. The van der Waals surface area contributed by atoms with Crippen molar-refractivity contribution in [1.82, 2.24) is 0 Å². The lowest BCUT2D eigenvalue weighted by Gasteiger charge is -2.13. The largest absolute Gasteiger partial charge is 0.495 e. The van der Waals surface area contributed by atoms with Crippen molar-refractivity contribution in [2.24, 2.45) is 0 Å². The Labute approximate surface area is 135 Å². The van der Waals surface area contributed by atoms with Crippen molar-refractivity contribution < 1.29 is 4.74 Å². The van der Waals surface area contributed by atoms with Crippen LogP contribution in [0.1, 0.15) is 0 Å². The Balaban J connectivity index is 2.76. The molecule has 0 atom stereocenters. The van der Waals surface area contributed by atoms with Crippen molar-refractivity contribution >= 4 is 58.0 Å². The third-order valence-corrected chi connectivity index (χ3v) is 4.61. The molecule has 0 unspecified atom stereocenters. The van der Waals surface area contributed by atoms with Crippen molar-refractivity contribution in [3.05, 3.63) is 49.4 Å². The quantitative estimate of drug-likeness (QED) is 0.433. The standard InChI is InChI=1S/C13H7Cl5O/c1-19-13-6(3-2-4-8(13)14)7-5-9(15)11(17)12(18)10(7)16/h2-5H,1H3. The summed E-state index contributed by atoms with van der Waals surface area (Å²) in [7, 11) is 1.53. The highest BCUT2D eigenvalue weighted by Crippen LogP contribution is 2.46. The van der Waals surface area contributed by atoms with Crippen molar-refractivity contribution in [2.75, 3.05) is 7.11 Å². The van der Waals surface area contributed by atoms with Gasteiger partial charge in [0.25, 0.3) is 0 Å². The van der Waals surface area contributed by atoms with Crippen LogP contribution in [0.25, 0.3) is 11.1 Å². The molecule has 0 aliphatic rings. The van der Waals surface area contributed by atoms with Crippen LogP contribution in [-0.4, -0.2) is 7.11 Å². The monoisotopic (exact) mass is 354 g/mol. The summed E-state index contributed by atoms with van der Waals surface area (Å²) in [6, 6.07) is 6.95. The van der Waals surface area contributed by atoms with E-state index in [2.05, 4.69) is 0 Å². The van der Waals surface area contributed by atoms with Crippen LogP contribution in [0.15, 0.2) is 24.3 Å². The first kappa shape index (κ1) is 15.1. The fourth-order valence-electron chi connectivity index (χ4n) is 1.70. The van der Waals surface area contributed by atoms with Crippen LogP contribution in [0.2, 0.25) is 25.1 Å². The summed E-state index contributed by atoms with van der Waals surface area (Å²) >= 11 is 30.3. The lowest BCUT2D eigenvalue weighted by atomic mass is 10.0. The number of ether oxygens (including phenoxy) is 1. The molecule has 2 aromatic rings. The molecular weight excluding hydrogens is 349 g/mol. The molecule has 19 heavy (non-hydrogen) atoms. The molecule has 2 rings (SSSR count). The average Bonchev–Trinajstić information content (AvgIpc) is 2.40. The summed E-state index contributed by atoms with van der Waals surface area (Å²) < 4.78 is 5.29. The first-order valence-electron chi connectivity index (χ1n) is 5.13. The number of hydrogen-bond donors (Lipinski definition) is 0. The van der Waals surface area contributed by atoms with E-state index in [1.807, 2.05) is 6.07 Å². The van der Waals surface area contributed by atoms with Crippen LogP contribution in [0.5, 0.6) is 5.75 Å². The van der Waals surface area contributed by atoms with Gasteiger partial charge in [0.05, 0.1) is 32.2 Å². The summed E-state index contributed by atoms with van der Waals surface area (Å²) in [4.78, 5) is 0. The maximum atomic E-state index is 6.21. The predicted octanol–water partition coefficient (Wildman–Crippen LogP) is 6.63. The number of hydrogen-bond acceptors (Lipinski definition) is 1. The molecule has 2 aromatic carbocycles. The number of para-hydroxylation sites is 1. The Morgan fingerprint density at radius 1 is 0.789 bits per heavy atom. The summed E-state index contributed by atoms with van der Waals surface area (Å²) in [6.07, 6.45) is 0. The summed E-state index contributed by atoms with van der Waals surface area (Å²) in [5.41, 5.74) is 1.31. The van der Waals surface area contributed by atoms with Gasteiger partial charge in [0, 0.05) is 11.1 Å². The lowest BCUT2D eigenvalue weighted by molar-refractivity contribution is 0.416. The van der Waals surface area contributed by atoms with E-state index in [0.29, 0.717) is 31.9 Å². The molecule has 0 radical (unpaired) electrons. The van der Waals surface area contributed by atoms with E-state index in [9.17, 15) is 0 Å². The molecule has 0 spiro atoms. The third kappa shape index (κ3) is 2.76. The van der Waals surface area contributed by atoms with E-state index >= 15 is 0 Å². The normalized spacial score (nSPS) is 10.6. The number of rotatable bonds is 2. The second-order valence-corrected chi connectivity index (χ2v) is 5.62. The molecule has 0 amide bonds. The molecule has 0 N–H and O–H groups in total. The Morgan fingerprint density at radius 3 is 2.11 bits per heavy atom. The number of benzene rings is 2. The Hall–Kier alpha value is -0.310. The Morgan fingerprint density at radius 2 is 1.47 bits per heavy atom. The van der Waals surface area contributed by atoms with Crippen molar-refractivity contribution in [1.29, 1.82) is 0 Å². The van der Waals surface area contributed by atoms with Gasteiger partial charge in [-0.3, -0.25) is 0 Å². The molecule has 0 aliphatic heterocycles. The van der Waals surface area contributed by atoms with Gasteiger partial charge in [-0.25, -0.2) is 0 Å². The van der Waals surface area contributed by atoms with Gasteiger partial charge in [0.1, 0.15) is 5.75 Å². The van der Waals surface area contributed by atoms with Gasteiger partial charge in [-0.05, 0) is 12.1 Å². The fraction of sp³-hybridized carbons (Fsp3) is 0.0769. The van der Waals surface area contributed by atoms with Crippen molar-refractivity contribution in [3.8, 4) is 16.9 Å². The maximum Gasteiger partial charge on any atom is 0.145 e. The van der Waals surface area contributed by atoms with E-state index in [1.165, 1.54) is 7.11 Å². The van der Waals surface area contributed by atoms with Gasteiger partial charge in [0.2, 0.25) is 0 Å². The fourth-order valence-corrected chi connectivity index (χ4v) is 2.85. The van der Waals surface area contributed by atoms with Crippen LogP contribution in [0.4, 0.5) is 0 Å². The topological polar surface area (TPSA) is 9.23 Å². The highest BCUT2D eigenvalue weighted by atomic mass is 35.5. The van der Waals surface area contributed by atoms with Crippen LogP contribution >= 0.6 is 58.0 Å². The van der Waals surface area contributed by atoms with Crippen LogP contribution in [-0.2, 0) is 0 Å². The van der Waals surface area contributed by atoms with Crippen molar-refractivity contribution in [2.45, 2.75) is 0 Å². The maximum absolute atomic E-state index is 6.21. The van der Waals surface area contributed by atoms with E-state index < -0.39 is 0 Å². The zero-order valence-electron chi connectivity index (χ0n) is 9.61. The smallest absolute Gasteiger partial charge is 0.145 e. The molecule has 0 fully saturated rings. The zero-order valence-corrected chi connectivity index (χ0v) is 13.4. The highest BCUT2D eigenvalue weighted by molar-refractivity contribution is 6.52. The molecule has 100 valence electrons. The van der Waals surface area contributed by atoms with Crippen LogP contribution < -0.4 is 4.74 Å². The number of halogens is 5. The molecule has 1 nitrogen and oxygen atoms in total. The predicted molar refractivity (Wildman–Crippen MR) is 83.5 cm³/mol. The van der Waals surface area contributed by atoms with E-state index in [-0.39, 0.29) is 10.0 Å². The molecule has 0 aromatic heterocycles. The molecule has 0 heterocycles. The minimum absolute atomic E-state index is 0.202. The number of methoxy groups -OCH3 is 1. The molecule has 6 heteroatoms. The summed E-state index contributed by atoms with van der Waals surface area (Å²) in [5.74, 6) is 0.500. The van der Waals surface area contributed by atoms with E-state index in [4.69, 9.17) is 62.7 Å². The van der Waals surface area contributed by atoms with Gasteiger partial charge in [-0.15, -0.1) is 0 Å². The SMILES string of the molecule is COc1c(Cl)cccc1-c1cc(Cl)c(Cl)c(Cl)c1Cl. The third-order valence-electron chi connectivity index (χ3n) is 2.56. The average molecular weight is 356 g/mol. The van der Waals surface area contributed by atoms with Gasteiger partial charge in [-0.2, -0.15) is 0 Å². The molecule has 0 saturated carbocycles. The molecular formula is C13H7Cl5O. The first-order valence-corrected chi connectivity index (χ1v) is 7.02. The van der Waals surface area contributed by atoms with Gasteiger partial charge in [0.15, 0.2) is 0 Å².